The Morgan fingerprint density at radius 1 is 1.12 bits per heavy atom. The highest BCUT2D eigenvalue weighted by molar-refractivity contribution is 14.0. The second-order valence-electron chi connectivity index (χ2n) is 5.59. The predicted octanol–water partition coefficient (Wildman–Crippen LogP) is 3.91. The summed E-state index contributed by atoms with van der Waals surface area (Å²) in [5.41, 5.74) is 3.23. The Bertz CT molecular complexity index is 754. The number of methoxy groups -OCH3 is 1. The normalized spacial score (nSPS) is 10.8. The summed E-state index contributed by atoms with van der Waals surface area (Å²) in [5, 5.41) is 16.5. The minimum absolute atomic E-state index is 0. The summed E-state index contributed by atoms with van der Waals surface area (Å²) in [7, 11) is 3.33. The number of hydrogen-bond acceptors (Lipinski definition) is 4. The fraction of sp³-hybridized carbons (Fsp3) is 0.316. The SMILES string of the molecule is CN=C(NCc1cc(OC)ccc1O)NCc1ccc(C)cc1SC.I. The van der Waals surface area contributed by atoms with Crippen LogP contribution in [0.25, 0.3) is 0 Å². The maximum Gasteiger partial charge on any atom is 0.191 e. The Balaban J connectivity index is 0.00000338. The highest BCUT2D eigenvalue weighted by Gasteiger charge is 2.06. The molecule has 0 heterocycles. The van der Waals surface area contributed by atoms with Crippen molar-refractivity contribution in [1.82, 2.24) is 10.6 Å². The van der Waals surface area contributed by atoms with Gasteiger partial charge in [0.05, 0.1) is 7.11 Å². The molecule has 5 nitrogen and oxygen atoms in total. The Morgan fingerprint density at radius 3 is 2.42 bits per heavy atom. The van der Waals surface area contributed by atoms with Crippen molar-refractivity contribution >= 4 is 41.7 Å². The van der Waals surface area contributed by atoms with Gasteiger partial charge in [-0.1, -0.05) is 12.1 Å². The van der Waals surface area contributed by atoms with Crippen LogP contribution in [0.15, 0.2) is 46.3 Å². The average molecular weight is 487 g/mol. The summed E-state index contributed by atoms with van der Waals surface area (Å²) in [6.45, 7) is 3.23. The molecule has 3 N–H and O–H groups in total. The van der Waals surface area contributed by atoms with Crippen LogP contribution in [0, 0.1) is 6.92 Å². The lowest BCUT2D eigenvalue weighted by Gasteiger charge is -2.15. The first kappa shape index (κ1) is 22.4. The lowest BCUT2D eigenvalue weighted by atomic mass is 10.1. The summed E-state index contributed by atoms with van der Waals surface area (Å²) in [6.07, 6.45) is 2.08. The van der Waals surface area contributed by atoms with Gasteiger partial charge < -0.3 is 20.5 Å². The molecule has 0 fully saturated rings. The van der Waals surface area contributed by atoms with Crippen molar-refractivity contribution in [2.24, 2.45) is 4.99 Å². The summed E-state index contributed by atoms with van der Waals surface area (Å²) >= 11 is 1.74. The van der Waals surface area contributed by atoms with Gasteiger partial charge in [-0.25, -0.2) is 0 Å². The highest BCUT2D eigenvalue weighted by atomic mass is 127. The van der Waals surface area contributed by atoms with Crippen molar-refractivity contribution in [3.8, 4) is 11.5 Å². The first-order valence-electron chi connectivity index (χ1n) is 8.01. The monoisotopic (exact) mass is 487 g/mol. The van der Waals surface area contributed by atoms with E-state index in [4.69, 9.17) is 4.74 Å². The molecule has 0 spiro atoms. The number of aromatic hydroxyl groups is 1. The molecule has 0 aliphatic heterocycles. The number of phenols is 1. The van der Waals surface area contributed by atoms with Crippen molar-refractivity contribution in [1.29, 1.82) is 0 Å². The van der Waals surface area contributed by atoms with E-state index in [1.165, 1.54) is 16.0 Å². The minimum Gasteiger partial charge on any atom is -0.508 e. The first-order valence-corrected chi connectivity index (χ1v) is 9.23. The Labute approximate surface area is 176 Å². The fourth-order valence-electron chi connectivity index (χ4n) is 2.41. The van der Waals surface area contributed by atoms with Gasteiger partial charge in [-0.05, 0) is 48.6 Å². The Morgan fingerprint density at radius 2 is 1.81 bits per heavy atom. The number of aliphatic imine (C=N–C) groups is 1. The quantitative estimate of drug-likeness (QED) is 0.250. The van der Waals surface area contributed by atoms with E-state index in [-0.39, 0.29) is 29.7 Å². The van der Waals surface area contributed by atoms with E-state index in [1.807, 2.05) is 0 Å². The zero-order chi connectivity index (χ0) is 18.2. The number of aryl methyl sites for hydroxylation is 1. The minimum atomic E-state index is 0. The second kappa shape index (κ2) is 11.2. The number of halogens is 1. The third kappa shape index (κ3) is 6.28. The van der Waals surface area contributed by atoms with Gasteiger partial charge in [-0.3, -0.25) is 4.99 Å². The molecule has 2 aromatic carbocycles. The van der Waals surface area contributed by atoms with Crippen molar-refractivity contribution in [3.63, 3.8) is 0 Å². The standard InChI is InChI=1S/C19H25N3O2S.HI/c1-13-5-6-14(18(9-13)25-4)11-21-19(20-2)22-12-15-10-16(24-3)7-8-17(15)23;/h5-10,23H,11-12H2,1-4H3,(H2,20,21,22);1H. The molecule has 0 amide bonds. The summed E-state index contributed by atoms with van der Waals surface area (Å²) < 4.78 is 5.20. The molecule has 0 radical (unpaired) electrons. The van der Waals surface area contributed by atoms with E-state index >= 15 is 0 Å². The summed E-state index contributed by atoms with van der Waals surface area (Å²) in [4.78, 5) is 5.50. The number of nitrogens with zero attached hydrogens (tertiary/aromatic N) is 1. The molecule has 142 valence electrons. The van der Waals surface area contributed by atoms with E-state index < -0.39 is 0 Å². The number of ether oxygens (including phenoxy) is 1. The maximum absolute atomic E-state index is 9.96. The van der Waals surface area contributed by atoms with E-state index in [2.05, 4.69) is 47.0 Å². The zero-order valence-corrected chi connectivity index (χ0v) is 18.6. The third-order valence-corrected chi connectivity index (χ3v) is 4.67. The fourth-order valence-corrected chi connectivity index (χ4v) is 3.11. The molecule has 2 rings (SSSR count). The van der Waals surface area contributed by atoms with Gasteiger partial charge in [-0.2, -0.15) is 0 Å². The average Bonchev–Trinajstić information content (AvgIpc) is 2.63. The largest absolute Gasteiger partial charge is 0.508 e. The number of thioether (sulfide) groups is 1. The van der Waals surface area contributed by atoms with Gasteiger partial charge in [0.15, 0.2) is 5.96 Å². The molecule has 0 aromatic heterocycles. The van der Waals surface area contributed by atoms with Gasteiger partial charge in [0.1, 0.15) is 11.5 Å². The summed E-state index contributed by atoms with van der Waals surface area (Å²) in [5.74, 6) is 1.61. The number of hydrogen-bond donors (Lipinski definition) is 3. The van der Waals surface area contributed by atoms with E-state index in [0.717, 1.165) is 5.56 Å². The topological polar surface area (TPSA) is 65.9 Å². The molecular weight excluding hydrogens is 461 g/mol. The first-order chi connectivity index (χ1) is 12.1. The molecule has 0 bridgehead atoms. The molecule has 26 heavy (non-hydrogen) atoms. The molecule has 0 aliphatic rings. The van der Waals surface area contributed by atoms with Gasteiger partial charge in [-0.15, -0.1) is 35.7 Å². The van der Waals surface area contributed by atoms with Crippen LogP contribution in [0.1, 0.15) is 16.7 Å². The van der Waals surface area contributed by atoms with Crippen molar-refractivity contribution in [3.05, 3.63) is 53.1 Å². The second-order valence-corrected chi connectivity index (χ2v) is 6.44. The Hall–Kier alpha value is -1.61. The van der Waals surface area contributed by atoms with E-state index in [0.29, 0.717) is 24.8 Å². The lowest BCUT2D eigenvalue weighted by molar-refractivity contribution is 0.410. The zero-order valence-electron chi connectivity index (χ0n) is 15.5. The number of nitrogens with one attached hydrogen (secondary N) is 2. The van der Waals surface area contributed by atoms with Crippen LogP contribution >= 0.6 is 35.7 Å². The van der Waals surface area contributed by atoms with Crippen molar-refractivity contribution < 1.29 is 9.84 Å². The third-order valence-electron chi connectivity index (χ3n) is 3.85. The molecular formula is C19H26IN3O2S. The predicted molar refractivity (Wildman–Crippen MR) is 120 cm³/mol. The number of benzene rings is 2. The van der Waals surface area contributed by atoms with Crippen LogP contribution in [0.5, 0.6) is 11.5 Å². The van der Waals surface area contributed by atoms with Gasteiger partial charge in [0, 0.05) is 30.6 Å². The number of phenolic OH excluding ortho intramolecular Hbond substituents is 1. The lowest BCUT2D eigenvalue weighted by Crippen LogP contribution is -2.36. The maximum atomic E-state index is 9.96. The van der Waals surface area contributed by atoms with Crippen LogP contribution in [-0.2, 0) is 13.1 Å². The highest BCUT2D eigenvalue weighted by Crippen LogP contribution is 2.23. The van der Waals surface area contributed by atoms with Crippen molar-refractivity contribution in [2.75, 3.05) is 20.4 Å². The van der Waals surface area contributed by atoms with E-state index in [1.54, 1.807) is 44.1 Å². The van der Waals surface area contributed by atoms with Gasteiger partial charge >= 0.3 is 0 Å². The van der Waals surface area contributed by atoms with E-state index in [9.17, 15) is 5.11 Å². The number of rotatable bonds is 6. The van der Waals surface area contributed by atoms with Crippen LogP contribution < -0.4 is 15.4 Å². The van der Waals surface area contributed by atoms with Gasteiger partial charge in [0.25, 0.3) is 0 Å². The molecule has 0 atom stereocenters. The van der Waals surface area contributed by atoms with Crippen molar-refractivity contribution in [2.45, 2.75) is 24.9 Å². The molecule has 0 saturated heterocycles. The van der Waals surface area contributed by atoms with Crippen LogP contribution in [-0.4, -0.2) is 31.5 Å². The molecule has 0 aliphatic carbocycles. The van der Waals surface area contributed by atoms with Crippen LogP contribution in [0.4, 0.5) is 0 Å². The molecule has 0 saturated carbocycles. The van der Waals surface area contributed by atoms with Gasteiger partial charge in [0.2, 0.25) is 0 Å². The molecule has 2 aromatic rings. The molecule has 7 heteroatoms. The van der Waals surface area contributed by atoms with Crippen LogP contribution in [0.2, 0.25) is 0 Å². The summed E-state index contributed by atoms with van der Waals surface area (Å²) in [6, 6.07) is 11.6. The Kier molecular flexibility index (Phi) is 9.64. The number of guanidine groups is 1. The molecule has 0 unspecified atom stereocenters. The van der Waals surface area contributed by atoms with Crippen LogP contribution in [0.3, 0.4) is 0 Å². The smallest absolute Gasteiger partial charge is 0.191 e.